The molecule has 0 aromatic rings. The number of carboxylic acid groups (broad SMARTS) is 1. The topological polar surface area (TPSA) is 40.1 Å². The number of carbonyl (C=O) groups excluding carboxylic acids is 1. The van der Waals surface area contributed by atoms with E-state index >= 15 is 0 Å². The van der Waals surface area contributed by atoms with E-state index in [2.05, 4.69) is 12.7 Å². The van der Waals surface area contributed by atoms with Crippen LogP contribution < -0.4 is 5.11 Å². The third-order valence-electron chi connectivity index (χ3n) is 2.31. The number of allylic oxidation sites excluding steroid dienone is 3. The van der Waals surface area contributed by atoms with E-state index < -0.39 is 5.97 Å². The molecule has 0 saturated heterocycles. The predicted octanol–water partition coefficient (Wildman–Crippen LogP) is 2.07. The van der Waals surface area contributed by atoms with Crippen LogP contribution in [0.3, 0.4) is 0 Å². The minimum atomic E-state index is -1.01. The molecule has 0 rings (SSSR count). The van der Waals surface area contributed by atoms with Crippen molar-refractivity contribution < 1.29 is 9.90 Å². The number of aliphatic carboxylic acids is 1. The Labute approximate surface area is 86.3 Å². The van der Waals surface area contributed by atoms with Crippen LogP contribution in [0.5, 0.6) is 0 Å². The molecule has 0 N–H and O–H groups in total. The number of hydrogen-bond acceptors (Lipinski definition) is 2. The van der Waals surface area contributed by atoms with Gasteiger partial charge in [-0.1, -0.05) is 24.6 Å². The lowest BCUT2D eigenvalue weighted by Crippen LogP contribution is -2.29. The first-order valence-corrected chi connectivity index (χ1v) is 4.86. The number of carboxylic acids is 1. The second-order valence-corrected chi connectivity index (χ2v) is 4.23. The van der Waals surface area contributed by atoms with E-state index in [-0.39, 0.29) is 11.8 Å². The van der Waals surface area contributed by atoms with E-state index in [0.717, 1.165) is 12.8 Å². The summed E-state index contributed by atoms with van der Waals surface area (Å²) < 4.78 is 0. The average molecular weight is 195 g/mol. The molecule has 1 atom stereocenters. The molecule has 0 heterocycles. The molecular formula is C12H19O2-. The van der Waals surface area contributed by atoms with Gasteiger partial charge in [0.05, 0.1) is 0 Å². The molecule has 0 amide bonds. The molecule has 0 saturated carbocycles. The summed E-state index contributed by atoms with van der Waals surface area (Å²) in [5, 5.41) is 10.5. The number of carbonyl (C=O) groups is 1. The third kappa shape index (κ3) is 5.57. The normalized spacial score (nSPS) is 14.2. The van der Waals surface area contributed by atoms with Crippen molar-refractivity contribution in [1.29, 1.82) is 0 Å². The van der Waals surface area contributed by atoms with Crippen LogP contribution in [-0.2, 0) is 4.79 Å². The first-order valence-electron chi connectivity index (χ1n) is 4.86. The largest absolute Gasteiger partial charge is 0.550 e. The van der Waals surface area contributed by atoms with Crippen LogP contribution in [0, 0.1) is 5.41 Å². The Kier molecular flexibility index (Phi) is 5.21. The van der Waals surface area contributed by atoms with Gasteiger partial charge < -0.3 is 9.90 Å². The van der Waals surface area contributed by atoms with Crippen LogP contribution in [-0.4, -0.2) is 5.97 Å². The maximum absolute atomic E-state index is 10.5. The van der Waals surface area contributed by atoms with Crippen molar-refractivity contribution >= 4 is 5.97 Å². The molecule has 0 aliphatic carbocycles. The minimum absolute atomic E-state index is 0.0487. The SMILES string of the molecule is C=CC(C)(CCC=C(C)C)CC(=O)[O-]. The summed E-state index contributed by atoms with van der Waals surface area (Å²) in [5.74, 6) is -1.01. The summed E-state index contributed by atoms with van der Waals surface area (Å²) in [6, 6.07) is 0. The second kappa shape index (κ2) is 5.63. The van der Waals surface area contributed by atoms with Crippen LogP contribution in [0.4, 0.5) is 0 Å². The summed E-state index contributed by atoms with van der Waals surface area (Å²) in [5.41, 5.74) is 0.912. The summed E-state index contributed by atoms with van der Waals surface area (Å²) in [6.45, 7) is 9.63. The second-order valence-electron chi connectivity index (χ2n) is 4.23. The van der Waals surface area contributed by atoms with Crippen molar-refractivity contribution in [2.24, 2.45) is 5.41 Å². The third-order valence-corrected chi connectivity index (χ3v) is 2.31. The zero-order valence-corrected chi connectivity index (χ0v) is 9.30. The molecule has 2 nitrogen and oxygen atoms in total. The van der Waals surface area contributed by atoms with Crippen molar-refractivity contribution in [1.82, 2.24) is 0 Å². The first-order chi connectivity index (χ1) is 6.39. The molecule has 0 aliphatic rings. The van der Waals surface area contributed by atoms with Gasteiger partial charge in [-0.05, 0) is 38.5 Å². The minimum Gasteiger partial charge on any atom is -0.550 e. The van der Waals surface area contributed by atoms with E-state index in [1.807, 2.05) is 20.8 Å². The molecule has 0 radical (unpaired) electrons. The fourth-order valence-electron chi connectivity index (χ4n) is 1.28. The highest BCUT2D eigenvalue weighted by molar-refractivity contribution is 5.65. The van der Waals surface area contributed by atoms with E-state index in [1.54, 1.807) is 6.08 Å². The Hall–Kier alpha value is -1.05. The van der Waals surface area contributed by atoms with Crippen molar-refractivity contribution in [3.8, 4) is 0 Å². The lowest BCUT2D eigenvalue weighted by molar-refractivity contribution is -0.307. The monoisotopic (exact) mass is 195 g/mol. The molecule has 0 fully saturated rings. The van der Waals surface area contributed by atoms with Gasteiger partial charge in [0.25, 0.3) is 0 Å². The maximum Gasteiger partial charge on any atom is 0.0422 e. The zero-order chi connectivity index (χ0) is 11.2. The Bertz CT molecular complexity index is 237. The maximum atomic E-state index is 10.5. The van der Waals surface area contributed by atoms with Crippen molar-refractivity contribution in [3.63, 3.8) is 0 Å². The van der Waals surface area contributed by atoms with Gasteiger partial charge in [-0.25, -0.2) is 0 Å². The quantitative estimate of drug-likeness (QED) is 0.609. The zero-order valence-electron chi connectivity index (χ0n) is 9.30. The molecule has 0 bridgehead atoms. The molecule has 0 aliphatic heterocycles. The highest BCUT2D eigenvalue weighted by Crippen LogP contribution is 2.28. The van der Waals surface area contributed by atoms with Gasteiger partial charge in [-0.15, -0.1) is 6.58 Å². The van der Waals surface area contributed by atoms with Gasteiger partial charge in [0.2, 0.25) is 0 Å². The predicted molar refractivity (Wildman–Crippen MR) is 56.6 cm³/mol. The van der Waals surface area contributed by atoms with E-state index in [0.29, 0.717) is 0 Å². The first kappa shape index (κ1) is 12.9. The van der Waals surface area contributed by atoms with Crippen LogP contribution in [0.2, 0.25) is 0 Å². The van der Waals surface area contributed by atoms with Gasteiger partial charge in [0, 0.05) is 5.97 Å². The number of rotatable bonds is 6. The molecule has 0 aromatic carbocycles. The number of hydrogen-bond donors (Lipinski definition) is 0. The van der Waals surface area contributed by atoms with Crippen molar-refractivity contribution in [2.45, 2.75) is 40.0 Å². The smallest absolute Gasteiger partial charge is 0.0422 e. The Morgan fingerprint density at radius 1 is 1.50 bits per heavy atom. The van der Waals surface area contributed by atoms with E-state index in [1.165, 1.54) is 5.57 Å². The summed E-state index contributed by atoms with van der Waals surface area (Å²) in [7, 11) is 0. The highest BCUT2D eigenvalue weighted by atomic mass is 16.4. The summed E-state index contributed by atoms with van der Waals surface area (Å²) >= 11 is 0. The van der Waals surface area contributed by atoms with Crippen LogP contribution in [0.15, 0.2) is 24.3 Å². The van der Waals surface area contributed by atoms with Gasteiger partial charge in [0.1, 0.15) is 0 Å². The standard InChI is InChI=1S/C12H20O2/c1-5-12(4,9-11(13)14)8-6-7-10(2)3/h5,7H,1,6,8-9H2,2-4H3,(H,13,14)/p-1. The molecule has 80 valence electrons. The molecule has 2 heteroatoms. The van der Waals surface area contributed by atoms with Crippen LogP contribution in [0.1, 0.15) is 40.0 Å². The van der Waals surface area contributed by atoms with E-state index in [9.17, 15) is 9.90 Å². The summed E-state index contributed by atoms with van der Waals surface area (Å²) in [4.78, 5) is 10.5. The highest BCUT2D eigenvalue weighted by Gasteiger charge is 2.19. The van der Waals surface area contributed by atoms with Gasteiger partial charge >= 0.3 is 0 Å². The van der Waals surface area contributed by atoms with Gasteiger partial charge in [0.15, 0.2) is 0 Å². The van der Waals surface area contributed by atoms with E-state index in [4.69, 9.17) is 0 Å². The van der Waals surface area contributed by atoms with Gasteiger partial charge in [-0.3, -0.25) is 0 Å². The molecule has 0 spiro atoms. The Morgan fingerprint density at radius 3 is 2.43 bits per heavy atom. The summed E-state index contributed by atoms with van der Waals surface area (Å²) in [6.07, 6.45) is 5.56. The fraction of sp³-hybridized carbons (Fsp3) is 0.583. The molecule has 0 aromatic heterocycles. The van der Waals surface area contributed by atoms with Crippen molar-refractivity contribution in [3.05, 3.63) is 24.3 Å². The fourth-order valence-corrected chi connectivity index (χ4v) is 1.28. The molecule has 14 heavy (non-hydrogen) atoms. The lowest BCUT2D eigenvalue weighted by Gasteiger charge is -2.25. The molecule has 1 unspecified atom stereocenters. The Balaban J connectivity index is 4.19. The van der Waals surface area contributed by atoms with Crippen LogP contribution >= 0.6 is 0 Å². The van der Waals surface area contributed by atoms with Crippen LogP contribution in [0.25, 0.3) is 0 Å². The Morgan fingerprint density at radius 2 is 2.07 bits per heavy atom. The molecular weight excluding hydrogens is 176 g/mol. The average Bonchev–Trinajstić information content (AvgIpc) is 2.02. The van der Waals surface area contributed by atoms with Gasteiger partial charge in [-0.2, -0.15) is 0 Å². The lowest BCUT2D eigenvalue weighted by atomic mass is 9.82. The van der Waals surface area contributed by atoms with Crippen molar-refractivity contribution in [2.75, 3.05) is 0 Å².